The van der Waals surface area contributed by atoms with E-state index >= 15 is 0 Å². The molecule has 2 amide bonds. The van der Waals surface area contributed by atoms with E-state index in [9.17, 15) is 14.0 Å². The zero-order valence-electron chi connectivity index (χ0n) is 19.0. The Morgan fingerprint density at radius 3 is 2.12 bits per heavy atom. The van der Waals surface area contributed by atoms with Crippen molar-refractivity contribution in [2.45, 2.75) is 19.3 Å². The summed E-state index contributed by atoms with van der Waals surface area (Å²) in [6.07, 6.45) is 1.12. The van der Waals surface area contributed by atoms with E-state index in [0.717, 1.165) is 11.4 Å². The molecule has 0 bridgehead atoms. The number of nitrogens with one attached hydrogen (secondary N) is 1. The highest BCUT2D eigenvalue weighted by molar-refractivity contribution is 5.91. The molecule has 0 saturated carbocycles. The SMILES string of the molecule is O=C(CCCC(=O)N1CCN(c2ccc(F)cc2)CC1)Nc1ccc(Oc2ccccc2)cc1. The van der Waals surface area contributed by atoms with Gasteiger partial charge < -0.3 is 19.9 Å². The minimum Gasteiger partial charge on any atom is -0.457 e. The van der Waals surface area contributed by atoms with Crippen molar-refractivity contribution >= 4 is 23.2 Å². The van der Waals surface area contributed by atoms with Crippen LogP contribution in [0.1, 0.15) is 19.3 Å². The molecule has 7 heteroatoms. The molecule has 0 unspecified atom stereocenters. The van der Waals surface area contributed by atoms with E-state index in [4.69, 9.17) is 4.74 Å². The molecule has 1 aliphatic rings. The van der Waals surface area contributed by atoms with Crippen LogP contribution in [-0.4, -0.2) is 42.9 Å². The number of anilines is 2. The lowest BCUT2D eigenvalue weighted by atomic mass is 10.2. The predicted molar refractivity (Wildman–Crippen MR) is 131 cm³/mol. The van der Waals surface area contributed by atoms with Gasteiger partial charge in [0.1, 0.15) is 17.3 Å². The van der Waals surface area contributed by atoms with Gasteiger partial charge in [0.05, 0.1) is 0 Å². The third-order valence-corrected chi connectivity index (χ3v) is 5.74. The van der Waals surface area contributed by atoms with E-state index in [1.165, 1.54) is 12.1 Å². The molecule has 0 spiro atoms. The number of benzene rings is 3. The first kappa shape index (κ1) is 23.3. The van der Waals surface area contributed by atoms with Gasteiger partial charge in [0.2, 0.25) is 11.8 Å². The Balaban J connectivity index is 1.15. The summed E-state index contributed by atoms with van der Waals surface area (Å²) in [6.45, 7) is 2.67. The molecule has 0 radical (unpaired) electrons. The first-order valence-corrected chi connectivity index (χ1v) is 11.5. The van der Waals surface area contributed by atoms with Crippen LogP contribution in [-0.2, 0) is 9.59 Å². The van der Waals surface area contributed by atoms with Crippen molar-refractivity contribution in [2.75, 3.05) is 36.4 Å². The normalized spacial score (nSPS) is 13.4. The number of hydrogen-bond donors (Lipinski definition) is 1. The van der Waals surface area contributed by atoms with Crippen LogP contribution < -0.4 is 15.0 Å². The molecule has 1 N–H and O–H groups in total. The molecule has 1 heterocycles. The fourth-order valence-corrected chi connectivity index (χ4v) is 3.88. The largest absolute Gasteiger partial charge is 0.457 e. The highest BCUT2D eigenvalue weighted by Crippen LogP contribution is 2.23. The minimum absolute atomic E-state index is 0.0639. The Morgan fingerprint density at radius 2 is 1.44 bits per heavy atom. The molecule has 34 heavy (non-hydrogen) atoms. The maximum Gasteiger partial charge on any atom is 0.224 e. The lowest BCUT2D eigenvalue weighted by Gasteiger charge is -2.36. The van der Waals surface area contributed by atoms with E-state index in [0.29, 0.717) is 50.5 Å². The first-order chi connectivity index (χ1) is 16.6. The number of carbonyl (C=O) groups excluding carboxylic acids is 2. The number of halogens is 1. The van der Waals surface area contributed by atoms with Crippen LogP contribution in [0.4, 0.5) is 15.8 Å². The van der Waals surface area contributed by atoms with Crippen molar-refractivity contribution in [3.05, 3.63) is 84.7 Å². The number of para-hydroxylation sites is 1. The maximum atomic E-state index is 13.1. The van der Waals surface area contributed by atoms with Gasteiger partial charge in [-0.25, -0.2) is 4.39 Å². The first-order valence-electron chi connectivity index (χ1n) is 11.5. The zero-order chi connectivity index (χ0) is 23.8. The number of hydrogen-bond acceptors (Lipinski definition) is 4. The van der Waals surface area contributed by atoms with Crippen LogP contribution in [0.5, 0.6) is 11.5 Å². The summed E-state index contributed by atoms with van der Waals surface area (Å²) in [7, 11) is 0. The zero-order valence-corrected chi connectivity index (χ0v) is 19.0. The van der Waals surface area contributed by atoms with Crippen LogP contribution in [0.25, 0.3) is 0 Å². The Hall–Kier alpha value is -3.87. The van der Waals surface area contributed by atoms with Crippen LogP contribution in [0, 0.1) is 5.82 Å². The summed E-state index contributed by atoms with van der Waals surface area (Å²) in [4.78, 5) is 28.8. The van der Waals surface area contributed by atoms with Gasteiger partial charge in [0.15, 0.2) is 0 Å². The van der Waals surface area contributed by atoms with Crippen LogP contribution in [0.2, 0.25) is 0 Å². The molecule has 1 fully saturated rings. The van der Waals surface area contributed by atoms with Gasteiger partial charge in [0.25, 0.3) is 0 Å². The molecule has 1 aliphatic heterocycles. The number of rotatable bonds is 8. The van der Waals surface area contributed by atoms with Crippen molar-refractivity contribution in [3.8, 4) is 11.5 Å². The van der Waals surface area contributed by atoms with E-state index in [1.54, 1.807) is 36.4 Å². The molecule has 6 nitrogen and oxygen atoms in total. The van der Waals surface area contributed by atoms with Crippen LogP contribution in [0.3, 0.4) is 0 Å². The van der Waals surface area contributed by atoms with Crippen LogP contribution in [0.15, 0.2) is 78.9 Å². The Morgan fingerprint density at radius 1 is 0.794 bits per heavy atom. The molecule has 3 aromatic rings. The smallest absolute Gasteiger partial charge is 0.224 e. The van der Waals surface area contributed by atoms with Crippen molar-refractivity contribution in [2.24, 2.45) is 0 Å². The van der Waals surface area contributed by atoms with Gasteiger partial charge >= 0.3 is 0 Å². The summed E-state index contributed by atoms with van der Waals surface area (Å²) in [5, 5.41) is 2.86. The fraction of sp³-hybridized carbons (Fsp3) is 0.259. The number of ether oxygens (including phenoxy) is 1. The summed E-state index contributed by atoms with van der Waals surface area (Å²) >= 11 is 0. The molecule has 3 aromatic carbocycles. The molecule has 0 aromatic heterocycles. The second-order valence-electron chi connectivity index (χ2n) is 8.19. The third kappa shape index (κ3) is 6.57. The molecule has 176 valence electrons. The molecule has 4 rings (SSSR count). The van der Waals surface area contributed by atoms with E-state index in [-0.39, 0.29) is 24.1 Å². The van der Waals surface area contributed by atoms with Crippen molar-refractivity contribution < 1.29 is 18.7 Å². The molecule has 0 aliphatic carbocycles. The summed E-state index contributed by atoms with van der Waals surface area (Å²) in [6, 6.07) is 23.1. The van der Waals surface area contributed by atoms with Gasteiger partial charge in [-0.3, -0.25) is 9.59 Å². The monoisotopic (exact) mass is 461 g/mol. The lowest BCUT2D eigenvalue weighted by Crippen LogP contribution is -2.48. The second-order valence-corrected chi connectivity index (χ2v) is 8.19. The van der Waals surface area contributed by atoms with E-state index < -0.39 is 0 Å². The third-order valence-electron chi connectivity index (χ3n) is 5.74. The molecule has 1 saturated heterocycles. The van der Waals surface area contributed by atoms with Gasteiger partial charge in [-0.05, 0) is 67.1 Å². The van der Waals surface area contributed by atoms with Crippen molar-refractivity contribution in [3.63, 3.8) is 0 Å². The predicted octanol–water partition coefficient (Wildman–Crippen LogP) is 5.08. The van der Waals surface area contributed by atoms with Gasteiger partial charge in [-0.2, -0.15) is 0 Å². The summed E-state index contributed by atoms with van der Waals surface area (Å²) in [5.74, 6) is 1.13. The average Bonchev–Trinajstić information content (AvgIpc) is 2.86. The number of piperazine rings is 1. The Labute approximate surface area is 198 Å². The number of carbonyl (C=O) groups is 2. The Kier molecular flexibility index (Phi) is 7.75. The molecular formula is C27H28FN3O3. The van der Waals surface area contributed by atoms with Gasteiger partial charge in [0, 0.05) is 50.4 Å². The highest BCUT2D eigenvalue weighted by Gasteiger charge is 2.21. The van der Waals surface area contributed by atoms with E-state index in [1.807, 2.05) is 35.2 Å². The van der Waals surface area contributed by atoms with E-state index in [2.05, 4.69) is 10.2 Å². The lowest BCUT2D eigenvalue weighted by molar-refractivity contribution is -0.131. The van der Waals surface area contributed by atoms with Crippen LogP contribution >= 0.6 is 0 Å². The van der Waals surface area contributed by atoms with Gasteiger partial charge in [-0.15, -0.1) is 0 Å². The maximum absolute atomic E-state index is 13.1. The van der Waals surface area contributed by atoms with Crippen molar-refractivity contribution in [1.82, 2.24) is 4.90 Å². The number of amides is 2. The van der Waals surface area contributed by atoms with Gasteiger partial charge in [-0.1, -0.05) is 18.2 Å². The topological polar surface area (TPSA) is 61.9 Å². The Bertz CT molecular complexity index is 1080. The molecular weight excluding hydrogens is 433 g/mol. The minimum atomic E-state index is -0.254. The van der Waals surface area contributed by atoms with Crippen molar-refractivity contribution in [1.29, 1.82) is 0 Å². The standard InChI is InChI=1S/C27H28FN3O3/c28-21-9-13-23(14-10-21)30-17-19-31(20-18-30)27(33)8-4-7-26(32)29-22-11-15-25(16-12-22)34-24-5-2-1-3-6-24/h1-3,5-6,9-16H,4,7-8,17-20H2,(H,29,32). The average molecular weight is 462 g/mol. The summed E-state index contributed by atoms with van der Waals surface area (Å²) in [5.41, 5.74) is 1.65. The number of nitrogens with zero attached hydrogens (tertiary/aromatic N) is 2. The molecule has 0 atom stereocenters. The highest BCUT2D eigenvalue weighted by atomic mass is 19.1. The quantitative estimate of drug-likeness (QED) is 0.509. The summed E-state index contributed by atoms with van der Waals surface area (Å²) < 4.78 is 18.9. The fourth-order valence-electron chi connectivity index (χ4n) is 3.88. The second kappa shape index (κ2) is 11.3.